The number of nitrogens with one attached hydrogen (secondary N) is 2. The molecule has 36 heavy (non-hydrogen) atoms. The minimum Gasteiger partial charge on any atom is -0.388 e. The molecule has 3 aromatic rings. The molecule has 0 bridgehead atoms. The maximum atomic E-state index is 14.5. The van der Waals surface area contributed by atoms with Crippen LogP contribution in [0.1, 0.15) is 65.1 Å². The van der Waals surface area contributed by atoms with Crippen LogP contribution in [-0.4, -0.2) is 42.5 Å². The molecule has 1 aromatic carbocycles. The predicted octanol–water partition coefficient (Wildman–Crippen LogP) is 6.56. The number of aromatic nitrogens is 2. The van der Waals surface area contributed by atoms with Gasteiger partial charge < -0.3 is 15.5 Å². The minimum atomic E-state index is -3.78. The molecule has 2 heterocycles. The third-order valence-corrected chi connectivity index (χ3v) is 8.98. The lowest BCUT2D eigenvalue weighted by Crippen LogP contribution is -2.40. The molecule has 4 rings (SSSR count). The van der Waals surface area contributed by atoms with E-state index in [0.29, 0.717) is 12.1 Å². The molecule has 0 radical (unpaired) electrons. The monoisotopic (exact) mass is 536 g/mol. The van der Waals surface area contributed by atoms with Crippen molar-refractivity contribution in [2.24, 2.45) is 0 Å². The number of fused-ring (bicyclic) bond motifs is 1. The Morgan fingerprint density at radius 1 is 1.28 bits per heavy atom. The highest BCUT2D eigenvalue weighted by atomic mass is 32.2. The summed E-state index contributed by atoms with van der Waals surface area (Å²) in [5.41, 5.74) is 3.76. The van der Waals surface area contributed by atoms with Gasteiger partial charge in [0, 0.05) is 49.0 Å². The van der Waals surface area contributed by atoms with E-state index in [9.17, 15) is 12.8 Å². The molecule has 1 aliphatic rings. The number of allylic oxidation sites excluding steroid dienone is 1. The maximum absolute atomic E-state index is 14.5. The van der Waals surface area contributed by atoms with E-state index in [2.05, 4.69) is 15.0 Å². The van der Waals surface area contributed by atoms with Gasteiger partial charge in [-0.15, -0.1) is 11.3 Å². The Kier molecular flexibility index (Phi) is 10.4. The SMILES string of the molecule is CC.CCC(=N)C(C)(C)S(=O)(=O)Cc1cc(NC(=C2CC2)c2cn3ccsc3n2)ccc1F.COC. The molecule has 0 spiro atoms. The number of thiazole rings is 1. The summed E-state index contributed by atoms with van der Waals surface area (Å²) in [6.45, 7) is 8.76. The van der Waals surface area contributed by atoms with Crippen LogP contribution in [0.3, 0.4) is 0 Å². The summed E-state index contributed by atoms with van der Waals surface area (Å²) >= 11 is 1.55. The molecular weight excluding hydrogens is 499 g/mol. The molecule has 198 valence electrons. The fourth-order valence-electron chi connectivity index (χ4n) is 3.40. The molecule has 0 atom stereocenters. The summed E-state index contributed by atoms with van der Waals surface area (Å²) < 4.78 is 45.3. The number of sulfone groups is 1. The molecule has 1 saturated carbocycles. The van der Waals surface area contributed by atoms with Crippen molar-refractivity contribution in [1.29, 1.82) is 5.41 Å². The van der Waals surface area contributed by atoms with E-state index < -0.39 is 26.2 Å². The fourth-order valence-corrected chi connectivity index (χ4v) is 5.61. The number of anilines is 1. The van der Waals surface area contributed by atoms with Crippen molar-refractivity contribution in [3.63, 3.8) is 0 Å². The molecule has 0 unspecified atom stereocenters. The Hall–Kier alpha value is -2.56. The summed E-state index contributed by atoms with van der Waals surface area (Å²) in [7, 11) is -0.527. The first-order chi connectivity index (χ1) is 17.0. The number of imidazole rings is 1. The van der Waals surface area contributed by atoms with Crippen LogP contribution in [0.25, 0.3) is 10.7 Å². The first kappa shape index (κ1) is 29.7. The maximum Gasteiger partial charge on any atom is 0.194 e. The van der Waals surface area contributed by atoms with E-state index in [1.165, 1.54) is 25.5 Å². The van der Waals surface area contributed by atoms with Gasteiger partial charge in [-0.1, -0.05) is 20.8 Å². The van der Waals surface area contributed by atoms with Crippen LogP contribution in [0.4, 0.5) is 10.1 Å². The van der Waals surface area contributed by atoms with Crippen molar-refractivity contribution in [2.45, 2.75) is 64.4 Å². The first-order valence-electron chi connectivity index (χ1n) is 11.9. The van der Waals surface area contributed by atoms with Crippen molar-refractivity contribution in [2.75, 3.05) is 19.5 Å². The molecule has 0 saturated heterocycles. The molecule has 0 aliphatic heterocycles. The molecular formula is C26H37FN4O3S2. The fraction of sp³-hybridized carbons (Fsp3) is 0.462. The van der Waals surface area contributed by atoms with E-state index in [1.807, 2.05) is 36.0 Å². The van der Waals surface area contributed by atoms with E-state index in [0.717, 1.165) is 29.2 Å². The highest BCUT2D eigenvalue weighted by Gasteiger charge is 2.38. The number of methoxy groups -OCH3 is 1. The average molecular weight is 537 g/mol. The number of rotatable bonds is 8. The van der Waals surface area contributed by atoms with Gasteiger partial charge in [-0.3, -0.25) is 4.40 Å². The first-order valence-corrected chi connectivity index (χ1v) is 14.5. The highest BCUT2D eigenvalue weighted by molar-refractivity contribution is 7.92. The number of benzene rings is 1. The summed E-state index contributed by atoms with van der Waals surface area (Å²) in [5.74, 6) is -1.04. The van der Waals surface area contributed by atoms with E-state index in [-0.39, 0.29) is 11.3 Å². The third-order valence-electron chi connectivity index (χ3n) is 5.72. The topological polar surface area (TPSA) is 96.5 Å². The van der Waals surface area contributed by atoms with Gasteiger partial charge in [0.1, 0.15) is 16.3 Å². The van der Waals surface area contributed by atoms with Gasteiger partial charge in [0.2, 0.25) is 0 Å². The van der Waals surface area contributed by atoms with Gasteiger partial charge in [-0.2, -0.15) is 0 Å². The third kappa shape index (κ3) is 6.80. The largest absolute Gasteiger partial charge is 0.388 e. The van der Waals surface area contributed by atoms with Crippen molar-refractivity contribution >= 4 is 43.2 Å². The van der Waals surface area contributed by atoms with Gasteiger partial charge >= 0.3 is 0 Å². The van der Waals surface area contributed by atoms with Crippen LogP contribution in [0.5, 0.6) is 0 Å². The molecule has 1 aliphatic carbocycles. The predicted molar refractivity (Wildman–Crippen MR) is 148 cm³/mol. The Bertz CT molecular complexity index is 1290. The van der Waals surface area contributed by atoms with E-state index in [1.54, 1.807) is 44.6 Å². The van der Waals surface area contributed by atoms with Crippen LogP contribution in [-0.2, 0) is 20.3 Å². The minimum absolute atomic E-state index is 0.0907. The summed E-state index contributed by atoms with van der Waals surface area (Å²) in [6.07, 6.45) is 6.18. The molecule has 2 N–H and O–H groups in total. The average Bonchev–Trinajstić information content (AvgIpc) is 3.46. The van der Waals surface area contributed by atoms with Gasteiger partial charge in [0.15, 0.2) is 14.8 Å². The van der Waals surface area contributed by atoms with Crippen LogP contribution in [0, 0.1) is 11.2 Å². The molecule has 0 amide bonds. The second-order valence-corrected chi connectivity index (χ2v) is 12.1. The summed E-state index contributed by atoms with van der Waals surface area (Å²) in [5, 5.41) is 13.3. The van der Waals surface area contributed by atoms with Crippen molar-refractivity contribution in [3.8, 4) is 0 Å². The van der Waals surface area contributed by atoms with Gasteiger partial charge in [0.05, 0.1) is 11.4 Å². The highest BCUT2D eigenvalue weighted by Crippen LogP contribution is 2.37. The Morgan fingerprint density at radius 2 is 1.92 bits per heavy atom. The number of halogens is 1. The van der Waals surface area contributed by atoms with Gasteiger partial charge in [0.25, 0.3) is 0 Å². The van der Waals surface area contributed by atoms with Crippen molar-refractivity contribution in [3.05, 3.63) is 58.6 Å². The van der Waals surface area contributed by atoms with Crippen molar-refractivity contribution < 1.29 is 17.5 Å². The molecule has 1 fully saturated rings. The summed E-state index contributed by atoms with van der Waals surface area (Å²) in [4.78, 5) is 5.55. The zero-order chi connectivity index (χ0) is 27.1. The number of nitrogens with zero attached hydrogens (tertiary/aromatic N) is 2. The number of hydrogen-bond donors (Lipinski definition) is 2. The molecule has 7 nitrogen and oxygen atoms in total. The van der Waals surface area contributed by atoms with Crippen LogP contribution in [0.15, 0.2) is 41.5 Å². The Labute approximate surface area is 217 Å². The van der Waals surface area contributed by atoms with E-state index in [4.69, 9.17) is 5.41 Å². The zero-order valence-electron chi connectivity index (χ0n) is 22.1. The van der Waals surface area contributed by atoms with Gasteiger partial charge in [-0.05, 0) is 56.9 Å². The normalized spacial score (nSPS) is 12.8. The zero-order valence-corrected chi connectivity index (χ0v) is 23.7. The summed E-state index contributed by atoms with van der Waals surface area (Å²) in [6, 6.07) is 4.43. The lowest BCUT2D eigenvalue weighted by atomic mass is 10.1. The molecule has 2 aromatic heterocycles. The Morgan fingerprint density at radius 3 is 2.47 bits per heavy atom. The standard InChI is InChI=1S/C22H25FN4O2S2.C2H6O.C2H6/c1-4-19(24)22(2,3)31(28,29)13-15-11-16(7-8-17(15)23)25-20(14-5-6-14)18-12-27-9-10-30-21(27)26-18;1-3-2;1-2/h7-12,24-25H,4-6,13H2,1-3H3;1-2H3;1-2H3. The quantitative estimate of drug-likeness (QED) is 0.318. The van der Waals surface area contributed by atoms with E-state index >= 15 is 0 Å². The molecule has 10 heteroatoms. The second-order valence-electron chi connectivity index (χ2n) is 8.64. The van der Waals surface area contributed by atoms with Crippen LogP contribution in [0.2, 0.25) is 0 Å². The number of hydrogen-bond acceptors (Lipinski definition) is 7. The lowest BCUT2D eigenvalue weighted by molar-refractivity contribution is 0.277. The lowest BCUT2D eigenvalue weighted by Gasteiger charge is -2.25. The van der Waals surface area contributed by atoms with Crippen LogP contribution < -0.4 is 5.32 Å². The Balaban J connectivity index is 0.000000850. The number of ether oxygens (including phenoxy) is 1. The van der Waals surface area contributed by atoms with Gasteiger partial charge in [-0.25, -0.2) is 17.8 Å². The second kappa shape index (κ2) is 12.6. The van der Waals surface area contributed by atoms with Crippen molar-refractivity contribution in [1.82, 2.24) is 9.38 Å². The smallest absolute Gasteiger partial charge is 0.194 e. The van der Waals surface area contributed by atoms with Crippen LogP contribution >= 0.6 is 11.3 Å².